The second-order valence-corrected chi connectivity index (χ2v) is 7.71. The molecule has 32 heavy (non-hydrogen) atoms. The standard InChI is InChI=1S/C25H28N4O3/c1-3-10-29(11-4-2)25(32)20-13-18-8-9-19(14-22(18)28-23(26)15-20)24(31)27-21-7-5-6-17(12-21)16-30/h5-9,12-14,16H,3-4,10-11,15H2,1-2H3,(H2,26,28)(H,27,31). The average Bonchev–Trinajstić information content (AvgIpc) is 2.95. The SMILES string of the molecule is CCCN(CCC)C(=O)C1=Cc2ccc(C(=O)Nc3cccc(C=O)c3)cc2N=C(N)C1. The molecule has 0 aliphatic carbocycles. The zero-order chi connectivity index (χ0) is 23.1. The molecule has 3 rings (SSSR count). The van der Waals surface area contributed by atoms with Gasteiger partial charge in [-0.3, -0.25) is 14.4 Å². The smallest absolute Gasteiger partial charge is 0.255 e. The first kappa shape index (κ1) is 22.9. The zero-order valence-corrected chi connectivity index (χ0v) is 18.4. The minimum Gasteiger partial charge on any atom is -0.387 e. The number of aldehydes is 1. The minimum absolute atomic E-state index is 0.0309. The van der Waals surface area contributed by atoms with Gasteiger partial charge in [0.15, 0.2) is 0 Å². The highest BCUT2D eigenvalue weighted by Crippen LogP contribution is 2.29. The van der Waals surface area contributed by atoms with Crippen LogP contribution in [-0.4, -0.2) is 41.9 Å². The first-order valence-corrected chi connectivity index (χ1v) is 10.8. The Morgan fingerprint density at radius 1 is 1.12 bits per heavy atom. The lowest BCUT2D eigenvalue weighted by molar-refractivity contribution is -0.127. The van der Waals surface area contributed by atoms with Crippen molar-refractivity contribution in [2.45, 2.75) is 33.1 Å². The number of hydrogen-bond donors (Lipinski definition) is 2. The van der Waals surface area contributed by atoms with Crippen LogP contribution in [0, 0.1) is 0 Å². The summed E-state index contributed by atoms with van der Waals surface area (Å²) >= 11 is 0. The normalized spacial score (nSPS) is 12.7. The number of benzene rings is 2. The molecule has 166 valence electrons. The fraction of sp³-hybridized carbons (Fsp3) is 0.280. The van der Waals surface area contributed by atoms with E-state index in [4.69, 9.17) is 5.73 Å². The number of carbonyl (C=O) groups is 3. The second-order valence-electron chi connectivity index (χ2n) is 7.71. The number of carbonyl (C=O) groups excluding carboxylic acids is 3. The van der Waals surface area contributed by atoms with Crippen molar-refractivity contribution in [2.24, 2.45) is 10.7 Å². The predicted molar refractivity (Wildman–Crippen MR) is 127 cm³/mol. The minimum atomic E-state index is -0.328. The molecule has 7 nitrogen and oxygen atoms in total. The first-order chi connectivity index (χ1) is 15.4. The maximum absolute atomic E-state index is 13.1. The van der Waals surface area contributed by atoms with Gasteiger partial charge in [0.05, 0.1) is 5.69 Å². The molecule has 0 unspecified atom stereocenters. The van der Waals surface area contributed by atoms with E-state index in [0.29, 0.717) is 47.0 Å². The fourth-order valence-electron chi connectivity index (χ4n) is 3.62. The van der Waals surface area contributed by atoms with Crippen molar-refractivity contribution in [2.75, 3.05) is 18.4 Å². The van der Waals surface area contributed by atoms with Crippen molar-refractivity contribution in [3.8, 4) is 0 Å². The van der Waals surface area contributed by atoms with Crippen LogP contribution >= 0.6 is 0 Å². The summed E-state index contributed by atoms with van der Waals surface area (Å²) in [6.45, 7) is 5.48. The number of nitrogens with two attached hydrogens (primary N) is 1. The number of aliphatic imine (C=N–C) groups is 1. The van der Waals surface area contributed by atoms with Crippen LogP contribution in [0.3, 0.4) is 0 Å². The molecule has 3 N–H and O–H groups in total. The number of amides is 2. The van der Waals surface area contributed by atoms with Gasteiger partial charge in [-0.2, -0.15) is 0 Å². The first-order valence-electron chi connectivity index (χ1n) is 10.8. The van der Waals surface area contributed by atoms with Crippen LogP contribution in [0.1, 0.15) is 59.4 Å². The summed E-state index contributed by atoms with van der Waals surface area (Å²) in [5.74, 6) is -0.0321. The third-order valence-corrected chi connectivity index (χ3v) is 5.09. The molecule has 0 saturated heterocycles. The van der Waals surface area contributed by atoms with Crippen LogP contribution in [0.15, 0.2) is 53.0 Å². The number of hydrogen-bond acceptors (Lipinski definition) is 5. The molecule has 2 amide bonds. The van der Waals surface area contributed by atoms with Crippen molar-refractivity contribution in [1.82, 2.24) is 4.90 Å². The lowest BCUT2D eigenvalue weighted by Gasteiger charge is -2.22. The van der Waals surface area contributed by atoms with Crippen LogP contribution in [0.5, 0.6) is 0 Å². The van der Waals surface area contributed by atoms with Gasteiger partial charge in [-0.1, -0.05) is 32.0 Å². The van der Waals surface area contributed by atoms with E-state index in [1.54, 1.807) is 42.5 Å². The lowest BCUT2D eigenvalue weighted by atomic mass is 10.0. The zero-order valence-electron chi connectivity index (χ0n) is 18.4. The van der Waals surface area contributed by atoms with Crippen LogP contribution in [0.2, 0.25) is 0 Å². The Hall–Kier alpha value is -3.74. The van der Waals surface area contributed by atoms with E-state index >= 15 is 0 Å². The van der Waals surface area contributed by atoms with E-state index < -0.39 is 0 Å². The number of fused-ring (bicyclic) bond motifs is 1. The van der Waals surface area contributed by atoms with E-state index in [2.05, 4.69) is 10.3 Å². The van der Waals surface area contributed by atoms with Gasteiger partial charge in [0, 0.05) is 47.5 Å². The highest BCUT2D eigenvalue weighted by molar-refractivity contribution is 6.08. The topological polar surface area (TPSA) is 105 Å². The molecule has 0 aromatic heterocycles. The van der Waals surface area contributed by atoms with Crippen molar-refractivity contribution < 1.29 is 14.4 Å². The molecular formula is C25H28N4O3. The molecule has 1 heterocycles. The Kier molecular flexibility index (Phi) is 7.54. The maximum atomic E-state index is 13.1. The molecule has 0 bridgehead atoms. The number of rotatable bonds is 8. The van der Waals surface area contributed by atoms with Gasteiger partial charge in [-0.25, -0.2) is 4.99 Å². The number of nitrogens with zero attached hydrogens (tertiary/aromatic N) is 2. The molecule has 1 aliphatic rings. The van der Waals surface area contributed by atoms with Crippen molar-refractivity contribution in [3.63, 3.8) is 0 Å². The van der Waals surface area contributed by atoms with E-state index in [1.165, 1.54) is 0 Å². The van der Waals surface area contributed by atoms with Gasteiger partial charge in [0.1, 0.15) is 12.1 Å². The Labute approximate surface area is 188 Å². The second kappa shape index (κ2) is 10.5. The molecule has 7 heteroatoms. The molecule has 1 aliphatic heterocycles. The third-order valence-electron chi connectivity index (χ3n) is 5.09. The van der Waals surface area contributed by atoms with Gasteiger partial charge >= 0.3 is 0 Å². The molecule has 2 aromatic carbocycles. The maximum Gasteiger partial charge on any atom is 0.255 e. The number of anilines is 1. The van der Waals surface area contributed by atoms with Crippen LogP contribution in [0.4, 0.5) is 11.4 Å². The molecule has 0 atom stereocenters. The molecule has 0 fully saturated rings. The van der Waals surface area contributed by atoms with Crippen molar-refractivity contribution in [1.29, 1.82) is 0 Å². The quantitative estimate of drug-likeness (QED) is 0.611. The Balaban J connectivity index is 1.87. The monoisotopic (exact) mass is 432 g/mol. The lowest BCUT2D eigenvalue weighted by Crippen LogP contribution is -2.34. The van der Waals surface area contributed by atoms with Gasteiger partial charge in [0.25, 0.3) is 5.91 Å². The Morgan fingerprint density at radius 3 is 2.56 bits per heavy atom. The summed E-state index contributed by atoms with van der Waals surface area (Å²) in [7, 11) is 0. The van der Waals surface area contributed by atoms with Crippen LogP contribution in [0.25, 0.3) is 6.08 Å². The highest BCUT2D eigenvalue weighted by Gasteiger charge is 2.21. The molecule has 0 saturated carbocycles. The van der Waals surface area contributed by atoms with Gasteiger partial charge in [-0.05, 0) is 43.2 Å². The summed E-state index contributed by atoms with van der Waals surface area (Å²) in [6.07, 6.45) is 4.57. The summed E-state index contributed by atoms with van der Waals surface area (Å²) in [5.41, 5.74) is 9.38. The average molecular weight is 433 g/mol. The van der Waals surface area contributed by atoms with E-state index in [1.807, 2.05) is 24.8 Å². The Morgan fingerprint density at radius 2 is 1.88 bits per heavy atom. The molecular weight excluding hydrogens is 404 g/mol. The Bertz CT molecular complexity index is 1080. The summed E-state index contributed by atoms with van der Waals surface area (Å²) in [6, 6.07) is 11.8. The highest BCUT2D eigenvalue weighted by atomic mass is 16.2. The summed E-state index contributed by atoms with van der Waals surface area (Å²) < 4.78 is 0. The van der Waals surface area contributed by atoms with E-state index in [-0.39, 0.29) is 18.2 Å². The third kappa shape index (κ3) is 5.49. The van der Waals surface area contributed by atoms with Crippen LogP contribution in [-0.2, 0) is 4.79 Å². The fourth-order valence-corrected chi connectivity index (χ4v) is 3.62. The molecule has 2 aromatic rings. The largest absolute Gasteiger partial charge is 0.387 e. The van der Waals surface area contributed by atoms with Gasteiger partial charge in [0.2, 0.25) is 5.91 Å². The van der Waals surface area contributed by atoms with E-state index in [9.17, 15) is 14.4 Å². The summed E-state index contributed by atoms with van der Waals surface area (Å²) in [5, 5.41) is 2.78. The number of amidine groups is 1. The molecule has 0 radical (unpaired) electrons. The van der Waals surface area contributed by atoms with Gasteiger partial charge < -0.3 is 16.0 Å². The van der Waals surface area contributed by atoms with E-state index in [0.717, 1.165) is 24.7 Å². The summed E-state index contributed by atoms with van der Waals surface area (Å²) in [4.78, 5) is 43.0. The van der Waals surface area contributed by atoms with Crippen LogP contribution < -0.4 is 11.1 Å². The van der Waals surface area contributed by atoms with Crippen molar-refractivity contribution >= 4 is 41.4 Å². The van der Waals surface area contributed by atoms with Gasteiger partial charge in [-0.15, -0.1) is 0 Å². The predicted octanol–water partition coefficient (Wildman–Crippen LogP) is 4.18. The van der Waals surface area contributed by atoms with Crippen molar-refractivity contribution in [3.05, 3.63) is 64.7 Å². The number of nitrogens with one attached hydrogen (secondary N) is 1. The molecule has 0 spiro atoms.